The van der Waals surface area contributed by atoms with E-state index in [2.05, 4.69) is 31.4 Å². The Morgan fingerprint density at radius 2 is 1.41 bits per heavy atom. The second-order valence-electron chi connectivity index (χ2n) is 8.29. The minimum atomic E-state index is -1.26. The van der Waals surface area contributed by atoms with Crippen molar-refractivity contribution in [3.8, 4) is 0 Å². The lowest BCUT2D eigenvalue weighted by Crippen LogP contribution is -2.47. The van der Waals surface area contributed by atoms with Gasteiger partial charge in [0.25, 0.3) is 5.91 Å². The molecule has 2 rings (SSSR count). The molecule has 0 spiro atoms. The van der Waals surface area contributed by atoms with E-state index in [1.165, 1.54) is 0 Å². The van der Waals surface area contributed by atoms with E-state index in [0.717, 1.165) is 5.56 Å². The molecule has 0 fully saturated rings. The number of hydrogen-bond acceptors (Lipinski definition) is 3. The number of nitrogens with one attached hydrogen (secondary N) is 2. The van der Waals surface area contributed by atoms with Gasteiger partial charge in [-0.1, -0.05) is 63.2 Å². The smallest absolute Gasteiger partial charge is 0.315 e. The van der Waals surface area contributed by atoms with E-state index in [1.54, 1.807) is 49.4 Å². The molecule has 0 aliphatic carbocycles. The zero-order valence-corrected chi connectivity index (χ0v) is 17.3. The third-order valence-corrected chi connectivity index (χ3v) is 4.94. The minimum absolute atomic E-state index is 0.00949. The first-order valence-electron chi connectivity index (χ1n) is 9.48. The molecule has 2 aromatic rings. The third-order valence-electron chi connectivity index (χ3n) is 4.94. The molecule has 3 N–H and O–H groups in total. The van der Waals surface area contributed by atoms with Crippen molar-refractivity contribution in [2.75, 3.05) is 13.1 Å². The average Bonchev–Trinajstić information content (AvgIpc) is 2.70. The molecule has 154 valence electrons. The summed E-state index contributed by atoms with van der Waals surface area (Å²) < 4.78 is 0. The van der Waals surface area contributed by atoms with E-state index in [-0.39, 0.29) is 24.4 Å². The molecule has 0 aliphatic rings. The van der Waals surface area contributed by atoms with Crippen molar-refractivity contribution in [3.05, 3.63) is 71.3 Å². The van der Waals surface area contributed by atoms with Crippen LogP contribution >= 0.6 is 0 Å². The van der Waals surface area contributed by atoms with E-state index in [1.807, 2.05) is 12.1 Å². The van der Waals surface area contributed by atoms with Crippen molar-refractivity contribution in [1.82, 2.24) is 10.6 Å². The SMILES string of the molecule is CC(C)(C)c1ccc(C(=O)NCC(=O)NCC(C)(C(=O)O)c2ccccc2)cc1. The van der Waals surface area contributed by atoms with Crippen molar-refractivity contribution in [2.24, 2.45) is 0 Å². The van der Waals surface area contributed by atoms with Crippen molar-refractivity contribution in [1.29, 1.82) is 0 Å². The number of aliphatic carboxylic acids is 1. The molecule has 6 nitrogen and oxygen atoms in total. The maximum absolute atomic E-state index is 12.3. The highest BCUT2D eigenvalue weighted by molar-refractivity contribution is 5.96. The summed E-state index contributed by atoms with van der Waals surface area (Å²) in [7, 11) is 0. The maximum Gasteiger partial charge on any atom is 0.315 e. The quantitative estimate of drug-likeness (QED) is 0.671. The monoisotopic (exact) mass is 396 g/mol. The highest BCUT2D eigenvalue weighted by Gasteiger charge is 2.35. The first-order valence-corrected chi connectivity index (χ1v) is 9.48. The van der Waals surface area contributed by atoms with Gasteiger partial charge < -0.3 is 15.7 Å². The lowest BCUT2D eigenvalue weighted by Gasteiger charge is -2.25. The van der Waals surface area contributed by atoms with Crippen molar-refractivity contribution in [3.63, 3.8) is 0 Å². The molecule has 2 aromatic carbocycles. The topological polar surface area (TPSA) is 95.5 Å². The fourth-order valence-corrected chi connectivity index (χ4v) is 2.83. The maximum atomic E-state index is 12.3. The van der Waals surface area contributed by atoms with E-state index in [0.29, 0.717) is 11.1 Å². The number of amides is 2. The van der Waals surface area contributed by atoms with Gasteiger partial charge in [-0.15, -0.1) is 0 Å². The highest BCUT2D eigenvalue weighted by Crippen LogP contribution is 2.23. The molecule has 6 heteroatoms. The van der Waals surface area contributed by atoms with Gasteiger partial charge in [0.15, 0.2) is 0 Å². The summed E-state index contributed by atoms with van der Waals surface area (Å²) in [6, 6.07) is 16.0. The summed E-state index contributed by atoms with van der Waals surface area (Å²) in [5.41, 5.74) is 0.899. The fourth-order valence-electron chi connectivity index (χ4n) is 2.83. The van der Waals surface area contributed by atoms with Crippen LogP contribution in [0.4, 0.5) is 0 Å². The molecule has 0 radical (unpaired) electrons. The van der Waals surface area contributed by atoms with Gasteiger partial charge in [-0.25, -0.2) is 0 Å². The van der Waals surface area contributed by atoms with Gasteiger partial charge in [-0.05, 0) is 35.6 Å². The molecule has 0 aliphatic heterocycles. The van der Waals surface area contributed by atoms with Crippen LogP contribution < -0.4 is 10.6 Å². The van der Waals surface area contributed by atoms with Crippen LogP contribution in [0, 0.1) is 0 Å². The van der Waals surface area contributed by atoms with Crippen LogP contribution in [-0.2, 0) is 20.4 Å². The van der Waals surface area contributed by atoms with Crippen molar-refractivity contribution >= 4 is 17.8 Å². The zero-order valence-electron chi connectivity index (χ0n) is 17.3. The second-order valence-corrected chi connectivity index (χ2v) is 8.29. The van der Waals surface area contributed by atoms with E-state index >= 15 is 0 Å². The van der Waals surface area contributed by atoms with E-state index in [9.17, 15) is 19.5 Å². The van der Waals surface area contributed by atoms with Crippen molar-refractivity contribution < 1.29 is 19.5 Å². The number of carbonyl (C=O) groups excluding carboxylic acids is 2. The molecule has 0 heterocycles. The van der Waals surface area contributed by atoms with Gasteiger partial charge in [0.1, 0.15) is 5.41 Å². The molecule has 0 aromatic heterocycles. The number of carboxylic acid groups (broad SMARTS) is 1. The summed E-state index contributed by atoms with van der Waals surface area (Å²) >= 11 is 0. The Hall–Kier alpha value is -3.15. The summed E-state index contributed by atoms with van der Waals surface area (Å²) in [6.07, 6.45) is 0. The van der Waals surface area contributed by atoms with Gasteiger partial charge in [0.05, 0.1) is 6.54 Å². The van der Waals surface area contributed by atoms with Crippen LogP contribution in [0.1, 0.15) is 49.2 Å². The van der Waals surface area contributed by atoms with Crippen molar-refractivity contribution in [2.45, 2.75) is 38.5 Å². The molecule has 1 atom stereocenters. The van der Waals surface area contributed by atoms with Crippen LogP contribution in [-0.4, -0.2) is 36.0 Å². The van der Waals surface area contributed by atoms with E-state index in [4.69, 9.17) is 0 Å². The molecular formula is C23H28N2O4. The highest BCUT2D eigenvalue weighted by atomic mass is 16.4. The molecule has 29 heavy (non-hydrogen) atoms. The first kappa shape index (κ1) is 22.1. The molecule has 0 bridgehead atoms. The Balaban J connectivity index is 1.92. The Morgan fingerprint density at radius 1 is 0.828 bits per heavy atom. The minimum Gasteiger partial charge on any atom is -0.481 e. The lowest BCUT2D eigenvalue weighted by atomic mass is 9.82. The fraction of sp³-hybridized carbons (Fsp3) is 0.348. The van der Waals surface area contributed by atoms with Crippen LogP contribution in [0.5, 0.6) is 0 Å². The standard InChI is InChI=1S/C23H28N2O4/c1-22(2,3)17-12-10-16(11-13-17)20(27)24-14-19(26)25-15-23(4,21(28)29)18-8-6-5-7-9-18/h5-13H,14-15H2,1-4H3,(H,24,27)(H,25,26)(H,28,29). The van der Waals surface area contributed by atoms with Crippen LogP contribution in [0.25, 0.3) is 0 Å². The molecule has 0 saturated heterocycles. The second kappa shape index (κ2) is 8.90. The zero-order chi connectivity index (χ0) is 21.7. The predicted molar refractivity (Wildman–Crippen MR) is 112 cm³/mol. The van der Waals surface area contributed by atoms with Gasteiger partial charge in [-0.2, -0.15) is 0 Å². The van der Waals surface area contributed by atoms with Gasteiger partial charge in [0, 0.05) is 12.1 Å². The van der Waals surface area contributed by atoms with Crippen LogP contribution in [0.2, 0.25) is 0 Å². The van der Waals surface area contributed by atoms with Gasteiger partial charge in [-0.3, -0.25) is 14.4 Å². The Morgan fingerprint density at radius 3 is 1.93 bits per heavy atom. The normalized spacial score (nSPS) is 13.2. The molecule has 2 amide bonds. The summed E-state index contributed by atoms with van der Waals surface area (Å²) in [6.45, 7) is 7.51. The lowest BCUT2D eigenvalue weighted by molar-refractivity contribution is -0.143. The average molecular weight is 396 g/mol. The predicted octanol–water partition coefficient (Wildman–Crippen LogP) is 2.87. The van der Waals surface area contributed by atoms with Gasteiger partial charge in [0.2, 0.25) is 5.91 Å². The Bertz CT molecular complexity index is 870. The molecule has 0 saturated carbocycles. The molecular weight excluding hydrogens is 368 g/mol. The Kier molecular flexibility index (Phi) is 6.80. The summed E-state index contributed by atoms with van der Waals surface area (Å²) in [5.74, 6) is -1.84. The molecule has 1 unspecified atom stereocenters. The number of carbonyl (C=O) groups is 3. The van der Waals surface area contributed by atoms with Gasteiger partial charge >= 0.3 is 5.97 Å². The Labute approximate surface area is 171 Å². The van der Waals surface area contributed by atoms with Crippen LogP contribution in [0.3, 0.4) is 0 Å². The number of rotatable bonds is 7. The third kappa shape index (κ3) is 5.67. The first-order chi connectivity index (χ1) is 13.5. The van der Waals surface area contributed by atoms with Crippen LogP contribution in [0.15, 0.2) is 54.6 Å². The summed E-state index contributed by atoms with van der Waals surface area (Å²) in [5, 5.41) is 14.8. The number of hydrogen-bond donors (Lipinski definition) is 3. The largest absolute Gasteiger partial charge is 0.481 e. The number of benzene rings is 2. The van der Waals surface area contributed by atoms with E-state index < -0.39 is 17.3 Å². The summed E-state index contributed by atoms with van der Waals surface area (Å²) in [4.78, 5) is 36.2. The number of carboxylic acids is 1.